The quantitative estimate of drug-likeness (QED) is 0.709. The van der Waals surface area contributed by atoms with Crippen LogP contribution in [0.2, 0.25) is 0 Å². The topological polar surface area (TPSA) is 94.8 Å². The molecule has 0 heterocycles. The van der Waals surface area contributed by atoms with E-state index in [0.717, 1.165) is 12.8 Å². The van der Waals surface area contributed by atoms with Crippen LogP contribution in [-0.4, -0.2) is 45.2 Å². The van der Waals surface area contributed by atoms with Gasteiger partial charge in [0.1, 0.15) is 5.78 Å². The van der Waals surface area contributed by atoms with Crippen molar-refractivity contribution in [2.24, 2.45) is 28.6 Å². The Hall–Kier alpha value is -1.04. The van der Waals surface area contributed by atoms with E-state index in [9.17, 15) is 24.9 Å². The molecule has 3 rings (SSSR count). The summed E-state index contributed by atoms with van der Waals surface area (Å²) >= 11 is 0. The molecule has 5 heteroatoms. The van der Waals surface area contributed by atoms with Crippen LogP contribution < -0.4 is 0 Å². The minimum atomic E-state index is -0.847. The third-order valence-corrected chi connectivity index (χ3v) is 7.82. The first-order valence-corrected chi connectivity index (χ1v) is 9.86. The summed E-state index contributed by atoms with van der Waals surface area (Å²) in [5.41, 5.74) is -0.824. The first-order chi connectivity index (χ1) is 12.1. The minimum absolute atomic E-state index is 0.0309. The number of rotatable bonds is 4. The van der Waals surface area contributed by atoms with E-state index in [1.165, 1.54) is 0 Å². The summed E-state index contributed by atoms with van der Waals surface area (Å²) < 4.78 is 0. The molecule has 0 bridgehead atoms. The molecule has 0 radical (unpaired) electrons. The maximum absolute atomic E-state index is 12.4. The molecule has 8 unspecified atom stereocenters. The molecule has 8 atom stereocenters. The van der Waals surface area contributed by atoms with Crippen LogP contribution >= 0.6 is 0 Å². The van der Waals surface area contributed by atoms with Crippen LogP contribution in [-0.2, 0) is 9.59 Å². The molecule has 26 heavy (non-hydrogen) atoms. The lowest BCUT2D eigenvalue weighted by Gasteiger charge is -2.50. The minimum Gasteiger partial charge on any atom is -0.393 e. The molecule has 3 aliphatic carbocycles. The van der Waals surface area contributed by atoms with Crippen LogP contribution in [0.5, 0.6) is 0 Å². The molecular weight excluding hydrogens is 332 g/mol. The largest absolute Gasteiger partial charge is 0.393 e. The third kappa shape index (κ3) is 3.08. The Bertz CT molecular complexity index is 614. The number of allylic oxidation sites excluding steroid dienone is 2. The molecule has 0 spiro atoms. The summed E-state index contributed by atoms with van der Waals surface area (Å²) in [5.74, 6) is -0.137. The standard InChI is InChI=1S/C21H32O5/c1-12(22)14-5-7-19(26)20(14,2)9-8-13-4-6-16(23)15-10-17(24)18(25)11-21(13,15)3/h4,6,13-15,17-19,24-26H,5,7-11H2,1-3H3. The van der Waals surface area contributed by atoms with Crippen LogP contribution in [0, 0.1) is 28.6 Å². The van der Waals surface area contributed by atoms with E-state index in [-0.39, 0.29) is 29.3 Å². The molecule has 0 saturated heterocycles. The van der Waals surface area contributed by atoms with Gasteiger partial charge in [-0.1, -0.05) is 19.9 Å². The van der Waals surface area contributed by atoms with Crippen molar-refractivity contribution >= 4 is 11.6 Å². The highest BCUT2D eigenvalue weighted by atomic mass is 16.3. The smallest absolute Gasteiger partial charge is 0.159 e. The lowest BCUT2D eigenvalue weighted by atomic mass is 9.54. The monoisotopic (exact) mass is 364 g/mol. The average molecular weight is 364 g/mol. The number of ketones is 2. The molecule has 5 nitrogen and oxygen atoms in total. The second-order valence-corrected chi connectivity index (χ2v) is 9.30. The zero-order valence-electron chi connectivity index (χ0n) is 16.0. The first kappa shape index (κ1) is 19.7. The lowest BCUT2D eigenvalue weighted by molar-refractivity contribution is -0.140. The van der Waals surface area contributed by atoms with Gasteiger partial charge in [0.15, 0.2) is 5.78 Å². The van der Waals surface area contributed by atoms with Gasteiger partial charge in [-0.2, -0.15) is 0 Å². The Kier molecular flexibility index (Phi) is 5.19. The summed E-state index contributed by atoms with van der Waals surface area (Å²) in [4.78, 5) is 24.4. The van der Waals surface area contributed by atoms with Crippen molar-refractivity contribution in [2.45, 2.75) is 77.6 Å². The predicted octanol–water partition coefficient (Wildman–Crippen LogP) is 2.03. The SMILES string of the molecule is CC(=O)C1CCC(O)C1(C)CCC1C=CC(=O)C2CC(O)C(O)CC12C. The predicted molar refractivity (Wildman–Crippen MR) is 97.2 cm³/mol. The fourth-order valence-corrected chi connectivity index (χ4v) is 5.91. The number of aliphatic hydroxyl groups excluding tert-OH is 3. The molecule has 0 aromatic carbocycles. The number of hydrogen-bond donors (Lipinski definition) is 3. The normalized spacial score (nSPS) is 48.5. The lowest BCUT2D eigenvalue weighted by Crippen LogP contribution is -2.52. The zero-order valence-corrected chi connectivity index (χ0v) is 16.0. The average Bonchev–Trinajstić information content (AvgIpc) is 2.85. The van der Waals surface area contributed by atoms with Crippen molar-refractivity contribution in [1.82, 2.24) is 0 Å². The van der Waals surface area contributed by atoms with Crippen LogP contribution in [0.1, 0.15) is 59.3 Å². The van der Waals surface area contributed by atoms with Gasteiger partial charge in [0.2, 0.25) is 0 Å². The second-order valence-electron chi connectivity index (χ2n) is 9.30. The van der Waals surface area contributed by atoms with Crippen molar-refractivity contribution in [2.75, 3.05) is 0 Å². The van der Waals surface area contributed by atoms with Gasteiger partial charge in [0, 0.05) is 17.3 Å². The maximum atomic E-state index is 12.4. The fourth-order valence-electron chi connectivity index (χ4n) is 5.91. The van der Waals surface area contributed by atoms with Crippen LogP contribution in [0.15, 0.2) is 12.2 Å². The van der Waals surface area contributed by atoms with E-state index in [4.69, 9.17) is 0 Å². The van der Waals surface area contributed by atoms with Gasteiger partial charge in [-0.3, -0.25) is 9.59 Å². The second kappa shape index (κ2) is 6.84. The van der Waals surface area contributed by atoms with Crippen molar-refractivity contribution in [3.8, 4) is 0 Å². The van der Waals surface area contributed by atoms with Gasteiger partial charge >= 0.3 is 0 Å². The number of aliphatic hydroxyl groups is 3. The molecule has 146 valence electrons. The van der Waals surface area contributed by atoms with Gasteiger partial charge < -0.3 is 15.3 Å². The van der Waals surface area contributed by atoms with E-state index >= 15 is 0 Å². The first-order valence-electron chi connectivity index (χ1n) is 9.86. The summed E-state index contributed by atoms with van der Waals surface area (Å²) in [6.07, 6.45) is 4.99. The van der Waals surface area contributed by atoms with Crippen LogP contribution in [0.3, 0.4) is 0 Å². The van der Waals surface area contributed by atoms with Crippen molar-refractivity contribution in [3.05, 3.63) is 12.2 Å². The fraction of sp³-hybridized carbons (Fsp3) is 0.810. The molecule has 0 aromatic heterocycles. The highest BCUT2D eigenvalue weighted by molar-refractivity contribution is 5.93. The van der Waals surface area contributed by atoms with E-state index in [1.54, 1.807) is 13.0 Å². The number of carbonyl (C=O) groups excluding carboxylic acids is 2. The third-order valence-electron chi connectivity index (χ3n) is 7.82. The Labute approximate surface area is 155 Å². The summed E-state index contributed by atoms with van der Waals surface area (Å²) in [7, 11) is 0. The Balaban J connectivity index is 1.80. The van der Waals surface area contributed by atoms with Crippen molar-refractivity contribution < 1.29 is 24.9 Å². The zero-order chi connectivity index (χ0) is 19.3. The summed E-state index contributed by atoms with van der Waals surface area (Å²) in [6.45, 7) is 5.65. The van der Waals surface area contributed by atoms with Gasteiger partial charge in [-0.05, 0) is 62.9 Å². The molecule has 2 saturated carbocycles. The molecule has 0 amide bonds. The van der Waals surface area contributed by atoms with Crippen molar-refractivity contribution in [1.29, 1.82) is 0 Å². The molecule has 0 aliphatic heterocycles. The van der Waals surface area contributed by atoms with Crippen molar-refractivity contribution in [3.63, 3.8) is 0 Å². The number of Topliss-reactive ketones (excluding diaryl/α,β-unsaturated/α-hetero) is 1. The highest BCUT2D eigenvalue weighted by Gasteiger charge is 2.53. The highest BCUT2D eigenvalue weighted by Crippen LogP contribution is 2.54. The van der Waals surface area contributed by atoms with Gasteiger partial charge in [-0.15, -0.1) is 0 Å². The molecule has 0 aromatic rings. The summed E-state index contributed by atoms with van der Waals surface area (Å²) in [6, 6.07) is 0. The maximum Gasteiger partial charge on any atom is 0.159 e. The molecular formula is C21H32O5. The van der Waals surface area contributed by atoms with Crippen LogP contribution in [0.4, 0.5) is 0 Å². The number of hydrogen-bond acceptors (Lipinski definition) is 5. The van der Waals surface area contributed by atoms with Gasteiger partial charge in [0.05, 0.1) is 18.3 Å². The number of carbonyl (C=O) groups is 2. The molecule has 2 fully saturated rings. The molecule has 3 N–H and O–H groups in total. The van der Waals surface area contributed by atoms with E-state index in [2.05, 4.69) is 0 Å². The van der Waals surface area contributed by atoms with Gasteiger partial charge in [-0.25, -0.2) is 0 Å². The Morgan fingerprint density at radius 1 is 1.19 bits per heavy atom. The summed E-state index contributed by atoms with van der Waals surface area (Å²) in [5, 5.41) is 30.7. The molecule has 3 aliphatic rings. The van der Waals surface area contributed by atoms with Crippen LogP contribution in [0.25, 0.3) is 0 Å². The Morgan fingerprint density at radius 2 is 1.88 bits per heavy atom. The van der Waals surface area contributed by atoms with Gasteiger partial charge in [0.25, 0.3) is 0 Å². The van der Waals surface area contributed by atoms with E-state index in [0.29, 0.717) is 25.7 Å². The van der Waals surface area contributed by atoms with E-state index in [1.807, 2.05) is 19.9 Å². The van der Waals surface area contributed by atoms with E-state index < -0.39 is 29.1 Å². The Morgan fingerprint density at radius 3 is 2.54 bits per heavy atom. The number of fused-ring (bicyclic) bond motifs is 1.